The van der Waals surface area contributed by atoms with Crippen molar-refractivity contribution in [3.05, 3.63) is 36.2 Å². The van der Waals surface area contributed by atoms with Crippen molar-refractivity contribution in [1.82, 2.24) is 14.8 Å². The molecular weight excluding hydrogens is 221 g/mol. The average Bonchev–Trinajstić information content (AvgIpc) is 3.07. The van der Waals surface area contributed by atoms with Gasteiger partial charge in [-0.3, -0.25) is 0 Å². The maximum absolute atomic E-state index is 13.3. The fourth-order valence-corrected chi connectivity index (χ4v) is 1.88. The topological polar surface area (TPSA) is 39.9 Å². The fraction of sp³-hybridized carbons (Fsp3) is 0.333. The van der Waals surface area contributed by atoms with Crippen LogP contribution in [0.5, 0.6) is 5.75 Å². The van der Waals surface area contributed by atoms with Crippen LogP contribution < -0.4 is 4.74 Å². The number of rotatable bonds is 3. The maximum atomic E-state index is 13.3. The Labute approximate surface area is 98.0 Å². The van der Waals surface area contributed by atoms with Gasteiger partial charge >= 0.3 is 0 Å². The Kier molecular flexibility index (Phi) is 2.31. The van der Waals surface area contributed by atoms with Gasteiger partial charge in [-0.25, -0.2) is 14.1 Å². The molecule has 1 aliphatic rings. The van der Waals surface area contributed by atoms with Crippen LogP contribution in [0.15, 0.2) is 24.5 Å². The summed E-state index contributed by atoms with van der Waals surface area (Å²) in [6.45, 7) is 0. The lowest BCUT2D eigenvalue weighted by Gasteiger charge is -2.10. The highest BCUT2D eigenvalue weighted by molar-refractivity contribution is 5.47. The van der Waals surface area contributed by atoms with E-state index in [-0.39, 0.29) is 5.82 Å². The van der Waals surface area contributed by atoms with Crippen LogP contribution in [0.2, 0.25) is 0 Å². The molecule has 2 aromatic rings. The number of aromatic nitrogens is 3. The Morgan fingerprint density at radius 2 is 2.24 bits per heavy atom. The van der Waals surface area contributed by atoms with Gasteiger partial charge < -0.3 is 4.74 Å². The summed E-state index contributed by atoms with van der Waals surface area (Å²) in [6.07, 6.45) is 3.74. The third kappa shape index (κ3) is 1.77. The van der Waals surface area contributed by atoms with Gasteiger partial charge in [-0.05, 0) is 25.0 Å². The van der Waals surface area contributed by atoms with E-state index in [1.807, 2.05) is 0 Å². The number of halogens is 1. The second-order valence-corrected chi connectivity index (χ2v) is 4.12. The van der Waals surface area contributed by atoms with E-state index in [4.69, 9.17) is 4.74 Å². The second-order valence-electron chi connectivity index (χ2n) is 4.12. The standard InChI is InChI=1S/C12H12FN3O/c1-17-11-5-4-9(13)6-10(11)16-12(8-2-3-8)14-7-15-16/h4-8H,2-3H2,1H3. The van der Waals surface area contributed by atoms with Crippen LogP contribution in [-0.4, -0.2) is 21.9 Å². The lowest BCUT2D eigenvalue weighted by molar-refractivity contribution is 0.410. The molecule has 0 amide bonds. The first kappa shape index (κ1) is 10.3. The normalized spacial score (nSPS) is 14.9. The summed E-state index contributed by atoms with van der Waals surface area (Å²) in [7, 11) is 1.56. The van der Waals surface area contributed by atoms with Gasteiger partial charge in [-0.15, -0.1) is 0 Å². The highest BCUT2D eigenvalue weighted by Gasteiger charge is 2.29. The molecule has 88 valence electrons. The van der Waals surface area contributed by atoms with E-state index in [1.165, 1.54) is 18.5 Å². The summed E-state index contributed by atoms with van der Waals surface area (Å²) in [5.74, 6) is 1.62. The smallest absolute Gasteiger partial charge is 0.144 e. The van der Waals surface area contributed by atoms with Crippen molar-refractivity contribution in [3.8, 4) is 11.4 Å². The summed E-state index contributed by atoms with van der Waals surface area (Å²) in [4.78, 5) is 4.23. The fourth-order valence-electron chi connectivity index (χ4n) is 1.88. The van der Waals surface area contributed by atoms with E-state index >= 15 is 0 Å². The van der Waals surface area contributed by atoms with Gasteiger partial charge in [0, 0.05) is 12.0 Å². The van der Waals surface area contributed by atoms with Crippen LogP contribution in [0, 0.1) is 5.82 Å². The SMILES string of the molecule is COc1ccc(F)cc1-n1ncnc1C1CC1. The van der Waals surface area contributed by atoms with Crippen molar-refractivity contribution in [2.24, 2.45) is 0 Å². The van der Waals surface area contributed by atoms with Crippen molar-refractivity contribution >= 4 is 0 Å². The predicted octanol–water partition coefficient (Wildman–Crippen LogP) is 2.29. The number of nitrogens with zero attached hydrogens (tertiary/aromatic N) is 3. The summed E-state index contributed by atoms with van der Waals surface area (Å²) < 4.78 is 20.2. The maximum Gasteiger partial charge on any atom is 0.144 e. The predicted molar refractivity (Wildman–Crippen MR) is 59.8 cm³/mol. The third-order valence-corrected chi connectivity index (χ3v) is 2.89. The van der Waals surface area contributed by atoms with E-state index in [9.17, 15) is 4.39 Å². The first-order chi connectivity index (χ1) is 8.29. The van der Waals surface area contributed by atoms with E-state index in [0.717, 1.165) is 18.7 Å². The number of hydrogen-bond donors (Lipinski definition) is 0. The Morgan fingerprint density at radius 1 is 1.41 bits per heavy atom. The molecule has 3 rings (SSSR count). The Morgan fingerprint density at radius 3 is 2.94 bits per heavy atom. The zero-order valence-corrected chi connectivity index (χ0v) is 9.43. The lowest BCUT2D eigenvalue weighted by Crippen LogP contribution is -2.04. The Bertz CT molecular complexity index is 548. The van der Waals surface area contributed by atoms with Crippen molar-refractivity contribution in [1.29, 1.82) is 0 Å². The van der Waals surface area contributed by atoms with Crippen LogP contribution in [0.1, 0.15) is 24.6 Å². The summed E-state index contributed by atoms with van der Waals surface area (Å²) in [5, 5.41) is 4.16. The van der Waals surface area contributed by atoms with Gasteiger partial charge in [0.15, 0.2) is 0 Å². The van der Waals surface area contributed by atoms with Crippen LogP contribution >= 0.6 is 0 Å². The molecule has 0 N–H and O–H groups in total. The van der Waals surface area contributed by atoms with Crippen molar-refractivity contribution in [2.45, 2.75) is 18.8 Å². The summed E-state index contributed by atoms with van der Waals surface area (Å²) >= 11 is 0. The molecule has 0 bridgehead atoms. The van der Waals surface area contributed by atoms with Crippen molar-refractivity contribution < 1.29 is 9.13 Å². The molecular formula is C12H12FN3O. The van der Waals surface area contributed by atoms with Gasteiger partial charge in [-0.1, -0.05) is 0 Å². The molecule has 1 heterocycles. The highest BCUT2D eigenvalue weighted by Crippen LogP contribution is 2.40. The van der Waals surface area contributed by atoms with E-state index in [2.05, 4.69) is 10.1 Å². The molecule has 0 radical (unpaired) electrons. The largest absolute Gasteiger partial charge is 0.494 e. The zero-order chi connectivity index (χ0) is 11.8. The lowest BCUT2D eigenvalue weighted by atomic mass is 10.2. The van der Waals surface area contributed by atoms with Crippen LogP contribution in [0.3, 0.4) is 0 Å². The van der Waals surface area contributed by atoms with E-state index in [1.54, 1.807) is 17.9 Å². The molecule has 0 saturated heterocycles. The van der Waals surface area contributed by atoms with E-state index < -0.39 is 0 Å². The van der Waals surface area contributed by atoms with E-state index in [0.29, 0.717) is 17.4 Å². The molecule has 1 saturated carbocycles. The minimum absolute atomic E-state index is 0.307. The third-order valence-electron chi connectivity index (χ3n) is 2.89. The van der Waals surface area contributed by atoms with Crippen molar-refractivity contribution in [2.75, 3.05) is 7.11 Å². The van der Waals surface area contributed by atoms with Gasteiger partial charge in [0.2, 0.25) is 0 Å². The van der Waals surface area contributed by atoms with Crippen LogP contribution in [0.25, 0.3) is 5.69 Å². The molecule has 1 aliphatic carbocycles. The number of methoxy groups -OCH3 is 1. The molecule has 0 aliphatic heterocycles. The molecule has 4 nitrogen and oxygen atoms in total. The monoisotopic (exact) mass is 233 g/mol. The Balaban J connectivity index is 2.13. The molecule has 1 aromatic heterocycles. The summed E-state index contributed by atoms with van der Waals surface area (Å²) in [5.41, 5.74) is 0.604. The van der Waals surface area contributed by atoms with Gasteiger partial charge in [0.1, 0.15) is 29.4 Å². The minimum Gasteiger partial charge on any atom is -0.494 e. The molecule has 0 unspecified atom stereocenters. The van der Waals surface area contributed by atoms with Gasteiger partial charge in [-0.2, -0.15) is 5.10 Å². The molecule has 5 heteroatoms. The average molecular weight is 233 g/mol. The number of ether oxygens (including phenoxy) is 1. The molecule has 1 aromatic carbocycles. The van der Waals surface area contributed by atoms with Crippen molar-refractivity contribution in [3.63, 3.8) is 0 Å². The molecule has 17 heavy (non-hydrogen) atoms. The number of benzene rings is 1. The minimum atomic E-state index is -0.307. The quantitative estimate of drug-likeness (QED) is 0.816. The van der Waals surface area contributed by atoms with Crippen LogP contribution in [0.4, 0.5) is 4.39 Å². The molecule has 0 atom stereocenters. The molecule has 1 fully saturated rings. The summed E-state index contributed by atoms with van der Waals surface area (Å²) in [6, 6.07) is 4.39. The number of hydrogen-bond acceptors (Lipinski definition) is 3. The van der Waals surface area contributed by atoms with Gasteiger partial charge in [0.05, 0.1) is 7.11 Å². The zero-order valence-electron chi connectivity index (χ0n) is 9.43. The molecule has 0 spiro atoms. The second kappa shape index (κ2) is 3.84. The Hall–Kier alpha value is -1.91. The first-order valence-electron chi connectivity index (χ1n) is 5.53. The highest BCUT2D eigenvalue weighted by atomic mass is 19.1. The van der Waals surface area contributed by atoms with Crippen LogP contribution in [-0.2, 0) is 0 Å². The van der Waals surface area contributed by atoms with Gasteiger partial charge in [0.25, 0.3) is 0 Å². The first-order valence-corrected chi connectivity index (χ1v) is 5.53.